The third-order valence-corrected chi connectivity index (χ3v) is 9.67. The molecule has 1 saturated heterocycles. The molecule has 4 N–H and O–H groups in total. The fraction of sp³-hybridized carbons (Fsp3) is 0.600. The monoisotopic (exact) mass is 532 g/mol. The predicted molar refractivity (Wildman–Crippen MR) is 156 cm³/mol. The fourth-order valence-electron chi connectivity index (χ4n) is 5.36. The van der Waals surface area contributed by atoms with Gasteiger partial charge >= 0.3 is 0 Å². The van der Waals surface area contributed by atoms with Gasteiger partial charge in [-0.15, -0.1) is 0 Å². The lowest BCUT2D eigenvalue weighted by Crippen LogP contribution is -2.47. The maximum Gasteiger partial charge on any atom is 0.119 e. The summed E-state index contributed by atoms with van der Waals surface area (Å²) in [6, 6.07) is 14.6. The zero-order valence-electron chi connectivity index (χ0n) is 23.4. The van der Waals surface area contributed by atoms with Crippen LogP contribution in [0, 0.1) is 12.3 Å². The Morgan fingerprint density at radius 1 is 1.05 bits per heavy atom. The highest BCUT2D eigenvalue weighted by Gasteiger charge is 2.40. The van der Waals surface area contributed by atoms with Crippen LogP contribution >= 0.6 is 10.9 Å². The Balaban J connectivity index is 1.51. The van der Waals surface area contributed by atoms with Gasteiger partial charge in [-0.05, 0) is 86.5 Å². The summed E-state index contributed by atoms with van der Waals surface area (Å²) in [5, 5.41) is 34.4. The molecule has 0 saturated carbocycles. The van der Waals surface area contributed by atoms with E-state index in [0.29, 0.717) is 12.4 Å². The summed E-state index contributed by atoms with van der Waals surface area (Å²) in [4.78, 5) is 2.23. The number of aliphatic hydroxyl groups is 3. The first-order valence-electron chi connectivity index (χ1n) is 13.4. The van der Waals surface area contributed by atoms with Crippen molar-refractivity contribution >= 4 is 10.9 Å². The first-order valence-corrected chi connectivity index (χ1v) is 15.4. The molecule has 6 nitrogen and oxygen atoms in total. The van der Waals surface area contributed by atoms with Crippen molar-refractivity contribution < 1.29 is 20.1 Å². The molecule has 0 radical (unpaired) electrons. The minimum atomic E-state index is -1.09. The fourth-order valence-corrected chi connectivity index (χ4v) is 7.76. The average Bonchev–Trinajstić information content (AvgIpc) is 2.82. The van der Waals surface area contributed by atoms with Crippen molar-refractivity contribution in [3.63, 3.8) is 0 Å². The van der Waals surface area contributed by atoms with Gasteiger partial charge < -0.3 is 30.3 Å². The zero-order valence-corrected chi connectivity index (χ0v) is 24.3. The molecule has 3 rings (SSSR count). The van der Waals surface area contributed by atoms with E-state index in [4.69, 9.17) is 4.74 Å². The third kappa shape index (κ3) is 8.70. The van der Waals surface area contributed by atoms with E-state index in [1.54, 1.807) is 0 Å². The molecule has 1 fully saturated rings. The third-order valence-electron chi connectivity index (χ3n) is 7.16. The van der Waals surface area contributed by atoms with Gasteiger partial charge in [0.15, 0.2) is 0 Å². The van der Waals surface area contributed by atoms with Crippen LogP contribution in [0.15, 0.2) is 42.5 Å². The van der Waals surface area contributed by atoms with Gasteiger partial charge in [0, 0.05) is 24.1 Å². The zero-order chi connectivity index (χ0) is 27.2. The van der Waals surface area contributed by atoms with Crippen LogP contribution in [-0.2, 0) is 6.42 Å². The highest BCUT2D eigenvalue weighted by Crippen LogP contribution is 2.48. The number of aryl methyl sites for hydroxylation is 1. The van der Waals surface area contributed by atoms with E-state index in [-0.39, 0.29) is 10.7 Å². The predicted octanol–water partition coefficient (Wildman–Crippen LogP) is 3.30. The Morgan fingerprint density at radius 3 is 2.43 bits per heavy atom. The molecule has 0 spiro atoms. The summed E-state index contributed by atoms with van der Waals surface area (Å²) >= 11 is 0. The van der Waals surface area contributed by atoms with Crippen LogP contribution in [0.3, 0.4) is 0 Å². The largest absolute Gasteiger partial charge is 0.494 e. The number of rotatable bonds is 12. The van der Waals surface area contributed by atoms with Crippen molar-refractivity contribution in [2.24, 2.45) is 5.41 Å². The highest BCUT2D eigenvalue weighted by atomic mass is 32.2. The summed E-state index contributed by atoms with van der Waals surface area (Å²) in [7, 11) is 3.60. The van der Waals surface area contributed by atoms with Crippen LogP contribution in [0.5, 0.6) is 5.75 Å². The molecular formula is C30H48N2O4S. The van der Waals surface area contributed by atoms with E-state index < -0.39 is 29.2 Å². The van der Waals surface area contributed by atoms with E-state index in [0.717, 1.165) is 43.8 Å². The number of ether oxygens (including phenoxy) is 1. The molecule has 37 heavy (non-hydrogen) atoms. The van der Waals surface area contributed by atoms with E-state index in [1.165, 1.54) is 16.7 Å². The van der Waals surface area contributed by atoms with Crippen molar-refractivity contribution in [2.45, 2.75) is 57.2 Å². The summed E-state index contributed by atoms with van der Waals surface area (Å²) in [5.41, 5.74) is 4.92. The lowest BCUT2D eigenvalue weighted by Gasteiger charge is -2.42. The molecule has 2 aromatic rings. The second kappa shape index (κ2) is 13.5. The van der Waals surface area contributed by atoms with Gasteiger partial charge in [0.05, 0.1) is 18.8 Å². The maximum absolute atomic E-state index is 10.7. The number of nitrogens with one attached hydrogen (secondary N) is 1. The van der Waals surface area contributed by atoms with Gasteiger partial charge in [-0.2, -0.15) is 0 Å². The summed E-state index contributed by atoms with van der Waals surface area (Å²) in [6.45, 7) is 10.3. The first-order chi connectivity index (χ1) is 17.5. The van der Waals surface area contributed by atoms with Crippen molar-refractivity contribution in [3.8, 4) is 5.75 Å². The van der Waals surface area contributed by atoms with Gasteiger partial charge in [0.2, 0.25) is 0 Å². The van der Waals surface area contributed by atoms with Crippen molar-refractivity contribution in [2.75, 3.05) is 52.3 Å². The summed E-state index contributed by atoms with van der Waals surface area (Å²) in [6.07, 6.45) is 0.980. The number of nitrogens with zero attached hydrogens (tertiary/aromatic N) is 1. The molecular weight excluding hydrogens is 484 g/mol. The Labute approximate surface area is 226 Å². The molecule has 1 heterocycles. The van der Waals surface area contributed by atoms with E-state index in [2.05, 4.69) is 81.7 Å². The second-order valence-corrected chi connectivity index (χ2v) is 14.2. The molecule has 0 bridgehead atoms. The molecule has 0 aliphatic carbocycles. The van der Waals surface area contributed by atoms with Crippen LogP contribution < -0.4 is 10.1 Å². The standard InChI is InChI=1S/C30H48N2O4S/c1-21-8-11-23(29-28(35)27(34)26(33)18-37(29)6)17-24(21)16-22-9-12-25(13-10-22)36-15-7-14-31-19-30(2,3)20-32(4)5/h8-13,17,26-29,31,33-35,37H,7,14-16,18-20H2,1-6H3/t26-,27-,28-,29+/m1/s1. The average molecular weight is 533 g/mol. The molecule has 0 amide bonds. The van der Waals surface area contributed by atoms with Crippen molar-refractivity contribution in [1.29, 1.82) is 0 Å². The molecule has 1 aliphatic heterocycles. The van der Waals surface area contributed by atoms with Gasteiger partial charge in [-0.25, -0.2) is 10.9 Å². The number of hydrogen-bond acceptors (Lipinski definition) is 6. The molecule has 0 aromatic heterocycles. The van der Waals surface area contributed by atoms with Crippen LogP contribution in [-0.4, -0.2) is 90.9 Å². The van der Waals surface area contributed by atoms with Gasteiger partial charge in [-0.1, -0.05) is 44.2 Å². The Kier molecular flexibility index (Phi) is 10.9. The molecule has 2 aromatic carbocycles. The Bertz CT molecular complexity index is 982. The molecule has 208 valence electrons. The second-order valence-electron chi connectivity index (χ2n) is 11.7. The van der Waals surface area contributed by atoms with Crippen LogP contribution in [0.1, 0.15) is 47.8 Å². The van der Waals surface area contributed by atoms with Crippen molar-refractivity contribution in [3.05, 3.63) is 64.7 Å². The smallest absolute Gasteiger partial charge is 0.119 e. The van der Waals surface area contributed by atoms with E-state index in [1.807, 2.05) is 12.1 Å². The number of hydrogen-bond donors (Lipinski definition) is 5. The lowest BCUT2D eigenvalue weighted by molar-refractivity contribution is -0.0561. The van der Waals surface area contributed by atoms with Crippen LogP contribution in [0.25, 0.3) is 0 Å². The van der Waals surface area contributed by atoms with E-state index >= 15 is 0 Å². The first kappa shape index (κ1) is 29.9. The van der Waals surface area contributed by atoms with E-state index in [9.17, 15) is 15.3 Å². The SMILES string of the molecule is Cc1ccc([C@H]2[C@H](O)[C@H](O)[C@H](O)C[SH]2C)cc1Cc1ccc(OCCCNCC(C)(C)CN(C)C)cc1. The number of thiol groups is 1. The summed E-state index contributed by atoms with van der Waals surface area (Å²) < 4.78 is 5.95. The Morgan fingerprint density at radius 2 is 1.76 bits per heavy atom. The van der Waals surface area contributed by atoms with Gasteiger partial charge in [0.25, 0.3) is 0 Å². The topological polar surface area (TPSA) is 85.2 Å². The highest BCUT2D eigenvalue weighted by molar-refractivity contribution is 8.16. The number of benzene rings is 2. The van der Waals surface area contributed by atoms with Crippen LogP contribution in [0.4, 0.5) is 0 Å². The van der Waals surface area contributed by atoms with Gasteiger partial charge in [-0.3, -0.25) is 0 Å². The van der Waals surface area contributed by atoms with Crippen LogP contribution in [0.2, 0.25) is 0 Å². The normalized spacial score (nSPS) is 25.4. The van der Waals surface area contributed by atoms with Crippen molar-refractivity contribution in [1.82, 2.24) is 10.2 Å². The quantitative estimate of drug-likeness (QED) is 0.213. The van der Waals surface area contributed by atoms with Gasteiger partial charge in [0.1, 0.15) is 11.9 Å². The molecule has 1 aliphatic rings. The lowest BCUT2D eigenvalue weighted by atomic mass is 9.93. The molecule has 1 unspecified atom stereocenters. The molecule has 7 heteroatoms. The number of aliphatic hydroxyl groups excluding tert-OH is 3. The minimum absolute atomic E-state index is 0.128. The Hall–Kier alpha value is -1.61. The molecule has 5 atom stereocenters. The minimum Gasteiger partial charge on any atom is -0.494 e. The summed E-state index contributed by atoms with van der Waals surface area (Å²) in [5.74, 6) is 1.43. The maximum atomic E-state index is 10.7.